The number of hydrogen-bond acceptors (Lipinski definition) is 1. The lowest BCUT2D eigenvalue weighted by molar-refractivity contribution is 0.369. The zero-order valence-corrected chi connectivity index (χ0v) is 12.2. The Labute approximate surface area is 112 Å². The lowest BCUT2D eigenvalue weighted by atomic mass is 9.95. The molecule has 0 radical (unpaired) electrons. The van der Waals surface area contributed by atoms with E-state index in [2.05, 4.69) is 42.9 Å². The first kappa shape index (κ1) is 13.7. The van der Waals surface area contributed by atoms with Gasteiger partial charge in [0.15, 0.2) is 0 Å². The summed E-state index contributed by atoms with van der Waals surface area (Å²) in [7, 11) is 2.20. The van der Waals surface area contributed by atoms with Crippen LogP contribution in [0.2, 0.25) is 0 Å². The van der Waals surface area contributed by atoms with Crippen molar-refractivity contribution in [1.29, 1.82) is 0 Å². The van der Waals surface area contributed by atoms with Crippen molar-refractivity contribution in [3.8, 4) is 0 Å². The molecule has 0 bridgehead atoms. The van der Waals surface area contributed by atoms with Gasteiger partial charge in [-0.1, -0.05) is 33.1 Å². The molecule has 0 aromatic carbocycles. The molecule has 1 saturated carbocycles. The molecule has 2 heteroatoms. The summed E-state index contributed by atoms with van der Waals surface area (Å²) in [5.41, 5.74) is 2.89. The van der Waals surface area contributed by atoms with Crippen molar-refractivity contribution >= 4 is 0 Å². The Morgan fingerprint density at radius 3 is 2.50 bits per heavy atom. The van der Waals surface area contributed by atoms with E-state index < -0.39 is 0 Å². The third kappa shape index (κ3) is 3.61. The molecule has 0 saturated heterocycles. The zero-order chi connectivity index (χ0) is 13.0. The van der Waals surface area contributed by atoms with Crippen molar-refractivity contribution in [1.82, 2.24) is 9.88 Å². The van der Waals surface area contributed by atoms with Crippen LogP contribution in [0.4, 0.5) is 0 Å². The van der Waals surface area contributed by atoms with E-state index in [4.69, 9.17) is 0 Å². The summed E-state index contributed by atoms with van der Waals surface area (Å²) in [4.78, 5) is 0. The molecular formula is C16H28N2. The van der Waals surface area contributed by atoms with E-state index in [1.165, 1.54) is 49.9 Å². The topological polar surface area (TPSA) is 17.0 Å². The number of aromatic nitrogens is 1. The van der Waals surface area contributed by atoms with Gasteiger partial charge in [-0.2, -0.15) is 0 Å². The maximum atomic E-state index is 3.72. The van der Waals surface area contributed by atoms with Crippen molar-refractivity contribution in [3.05, 3.63) is 23.5 Å². The van der Waals surface area contributed by atoms with Crippen LogP contribution in [-0.4, -0.2) is 10.6 Å². The van der Waals surface area contributed by atoms with Crippen LogP contribution in [-0.2, 0) is 20.0 Å². The highest BCUT2D eigenvalue weighted by atomic mass is 15.0. The molecule has 0 amide bonds. The molecule has 102 valence electrons. The summed E-state index contributed by atoms with van der Waals surface area (Å²) in [6.07, 6.45) is 8.15. The highest BCUT2D eigenvalue weighted by molar-refractivity contribution is 5.16. The molecular weight excluding hydrogens is 220 g/mol. The Kier molecular flexibility index (Phi) is 4.87. The van der Waals surface area contributed by atoms with Crippen molar-refractivity contribution in [2.75, 3.05) is 0 Å². The van der Waals surface area contributed by atoms with Crippen LogP contribution in [0.25, 0.3) is 0 Å². The molecule has 1 heterocycles. The maximum Gasteiger partial charge on any atom is 0.0361 e. The smallest absolute Gasteiger partial charge is 0.0361 e. The second-order valence-electron chi connectivity index (χ2n) is 6.19. The molecule has 1 fully saturated rings. The average molecular weight is 248 g/mol. The van der Waals surface area contributed by atoms with Crippen molar-refractivity contribution < 1.29 is 0 Å². The molecule has 1 aromatic heterocycles. The normalized spacial score (nSPS) is 17.6. The Morgan fingerprint density at radius 2 is 1.83 bits per heavy atom. The second-order valence-corrected chi connectivity index (χ2v) is 6.19. The van der Waals surface area contributed by atoms with Crippen LogP contribution in [0.15, 0.2) is 12.1 Å². The average Bonchev–Trinajstić information content (AvgIpc) is 2.69. The summed E-state index contributed by atoms with van der Waals surface area (Å²) >= 11 is 0. The van der Waals surface area contributed by atoms with Crippen molar-refractivity contribution in [3.63, 3.8) is 0 Å². The number of nitrogens with zero attached hydrogens (tertiary/aromatic N) is 1. The Balaban J connectivity index is 1.87. The fraction of sp³-hybridized carbons (Fsp3) is 0.750. The Bertz CT molecular complexity index is 359. The van der Waals surface area contributed by atoms with E-state index in [1.54, 1.807) is 0 Å². The minimum atomic E-state index is 0.734. The third-order valence-electron chi connectivity index (χ3n) is 4.12. The molecule has 0 spiro atoms. The quantitative estimate of drug-likeness (QED) is 0.841. The van der Waals surface area contributed by atoms with E-state index in [-0.39, 0.29) is 0 Å². The van der Waals surface area contributed by atoms with Gasteiger partial charge in [-0.3, -0.25) is 0 Å². The van der Waals surface area contributed by atoms with Crippen LogP contribution in [0.5, 0.6) is 0 Å². The molecule has 18 heavy (non-hydrogen) atoms. The predicted molar refractivity (Wildman–Crippen MR) is 77.7 cm³/mol. The van der Waals surface area contributed by atoms with Gasteiger partial charge in [-0.25, -0.2) is 0 Å². The van der Waals surface area contributed by atoms with Gasteiger partial charge in [-0.15, -0.1) is 0 Å². The molecule has 2 nitrogen and oxygen atoms in total. The van der Waals surface area contributed by atoms with Gasteiger partial charge in [0, 0.05) is 31.0 Å². The summed E-state index contributed by atoms with van der Waals surface area (Å²) in [5.74, 6) is 0.734. The zero-order valence-electron chi connectivity index (χ0n) is 12.2. The van der Waals surface area contributed by atoms with E-state index in [9.17, 15) is 0 Å². The van der Waals surface area contributed by atoms with Gasteiger partial charge in [0.05, 0.1) is 0 Å². The van der Waals surface area contributed by atoms with E-state index in [0.717, 1.165) is 18.5 Å². The largest absolute Gasteiger partial charge is 0.350 e. The van der Waals surface area contributed by atoms with Gasteiger partial charge < -0.3 is 9.88 Å². The van der Waals surface area contributed by atoms with Crippen molar-refractivity contribution in [2.24, 2.45) is 13.0 Å². The van der Waals surface area contributed by atoms with Crippen LogP contribution >= 0.6 is 0 Å². The fourth-order valence-electron chi connectivity index (χ4n) is 2.96. The molecule has 1 aliphatic carbocycles. The van der Waals surface area contributed by atoms with E-state index >= 15 is 0 Å². The molecule has 0 atom stereocenters. The first-order valence-electron chi connectivity index (χ1n) is 7.53. The third-order valence-corrected chi connectivity index (χ3v) is 4.12. The van der Waals surface area contributed by atoms with Crippen LogP contribution < -0.4 is 5.32 Å². The number of hydrogen-bond donors (Lipinski definition) is 1. The van der Waals surface area contributed by atoms with Crippen LogP contribution in [0.1, 0.15) is 57.3 Å². The van der Waals surface area contributed by atoms with E-state index in [0.29, 0.717) is 0 Å². The molecule has 1 aliphatic rings. The maximum absolute atomic E-state index is 3.72. The standard InChI is InChI=1S/C16H28N2/c1-13(2)11-15-9-10-16(18(15)3)12-17-14-7-5-4-6-8-14/h9-10,13-14,17H,4-8,11-12H2,1-3H3. The Morgan fingerprint density at radius 1 is 1.17 bits per heavy atom. The number of rotatable bonds is 5. The summed E-state index contributed by atoms with van der Waals surface area (Å²) in [5, 5.41) is 3.72. The van der Waals surface area contributed by atoms with Crippen LogP contribution in [0.3, 0.4) is 0 Å². The molecule has 0 unspecified atom stereocenters. The number of nitrogens with one attached hydrogen (secondary N) is 1. The van der Waals surface area contributed by atoms with Crippen LogP contribution in [0, 0.1) is 5.92 Å². The minimum absolute atomic E-state index is 0.734. The second kappa shape index (κ2) is 6.42. The minimum Gasteiger partial charge on any atom is -0.350 e. The van der Waals surface area contributed by atoms with E-state index in [1.807, 2.05) is 0 Å². The van der Waals surface area contributed by atoms with Crippen molar-refractivity contribution in [2.45, 2.75) is 65.0 Å². The summed E-state index contributed by atoms with van der Waals surface area (Å²) < 4.78 is 2.37. The monoisotopic (exact) mass is 248 g/mol. The molecule has 2 rings (SSSR count). The highest BCUT2D eigenvalue weighted by Gasteiger charge is 2.13. The molecule has 1 aromatic rings. The predicted octanol–water partition coefficient (Wildman–Crippen LogP) is 3.65. The summed E-state index contributed by atoms with van der Waals surface area (Å²) in [6.45, 7) is 5.60. The fourth-order valence-corrected chi connectivity index (χ4v) is 2.96. The highest BCUT2D eigenvalue weighted by Crippen LogP contribution is 2.18. The Hall–Kier alpha value is -0.760. The van der Waals surface area contributed by atoms with Gasteiger partial charge in [0.1, 0.15) is 0 Å². The molecule has 0 aliphatic heterocycles. The SMILES string of the molecule is CC(C)Cc1ccc(CNC2CCCCC2)n1C. The lowest BCUT2D eigenvalue weighted by Crippen LogP contribution is -2.31. The van der Waals surface area contributed by atoms with Gasteiger partial charge >= 0.3 is 0 Å². The molecule has 1 N–H and O–H groups in total. The van der Waals surface area contributed by atoms with Gasteiger partial charge in [0.2, 0.25) is 0 Å². The van der Waals surface area contributed by atoms with Gasteiger partial charge in [-0.05, 0) is 37.3 Å². The lowest BCUT2D eigenvalue weighted by Gasteiger charge is -2.23. The first-order valence-corrected chi connectivity index (χ1v) is 7.53. The first-order chi connectivity index (χ1) is 8.66. The summed E-state index contributed by atoms with van der Waals surface area (Å²) in [6, 6.07) is 5.33. The van der Waals surface area contributed by atoms with Gasteiger partial charge in [0.25, 0.3) is 0 Å².